The van der Waals surface area contributed by atoms with Crippen molar-refractivity contribution in [1.82, 2.24) is 14.6 Å². The SMILES string of the molecule is CN(C)c1ccc(C(=O)Nc2nc3scc(-c4ccccc4)n3n2)cc1[N+](=O)[O-]. The maximum Gasteiger partial charge on any atom is 0.293 e. The Kier molecular flexibility index (Phi) is 4.69. The number of hydrogen-bond acceptors (Lipinski definition) is 7. The molecule has 4 aromatic rings. The van der Waals surface area contributed by atoms with Crippen molar-refractivity contribution in [2.75, 3.05) is 24.3 Å². The van der Waals surface area contributed by atoms with Gasteiger partial charge in [0.2, 0.25) is 4.96 Å². The average molecular weight is 408 g/mol. The number of benzene rings is 2. The molecule has 0 bridgehead atoms. The molecule has 0 spiro atoms. The second-order valence-electron chi connectivity index (χ2n) is 6.43. The van der Waals surface area contributed by atoms with Gasteiger partial charge in [-0.25, -0.2) is 4.52 Å². The number of nitro benzene ring substituents is 1. The van der Waals surface area contributed by atoms with Crippen LogP contribution in [0.3, 0.4) is 0 Å². The fraction of sp³-hybridized carbons (Fsp3) is 0.105. The monoisotopic (exact) mass is 408 g/mol. The molecule has 0 aliphatic carbocycles. The van der Waals surface area contributed by atoms with Gasteiger partial charge in [0.25, 0.3) is 17.5 Å². The molecule has 2 aromatic carbocycles. The summed E-state index contributed by atoms with van der Waals surface area (Å²) >= 11 is 1.41. The summed E-state index contributed by atoms with van der Waals surface area (Å²) in [5, 5.41) is 20.3. The molecule has 9 nitrogen and oxygen atoms in total. The molecule has 2 heterocycles. The number of aromatic nitrogens is 3. The molecule has 4 rings (SSSR count). The lowest BCUT2D eigenvalue weighted by atomic mass is 10.1. The Morgan fingerprint density at radius 1 is 1.21 bits per heavy atom. The Labute approximate surface area is 169 Å². The lowest BCUT2D eigenvalue weighted by Crippen LogP contribution is -2.15. The number of fused-ring (bicyclic) bond motifs is 1. The molecule has 1 amide bonds. The molecule has 0 radical (unpaired) electrons. The van der Waals surface area contributed by atoms with Gasteiger partial charge in [0.15, 0.2) is 0 Å². The number of amides is 1. The fourth-order valence-electron chi connectivity index (χ4n) is 2.90. The highest BCUT2D eigenvalue weighted by atomic mass is 32.1. The van der Waals surface area contributed by atoms with Gasteiger partial charge in [0.05, 0.1) is 10.6 Å². The van der Waals surface area contributed by atoms with E-state index in [9.17, 15) is 14.9 Å². The number of hydrogen-bond donors (Lipinski definition) is 1. The first-order valence-electron chi connectivity index (χ1n) is 8.61. The fourth-order valence-corrected chi connectivity index (χ4v) is 3.74. The molecule has 0 saturated heterocycles. The van der Waals surface area contributed by atoms with Crippen LogP contribution in [0, 0.1) is 10.1 Å². The number of thiazole rings is 1. The molecule has 0 saturated carbocycles. The predicted molar refractivity (Wildman–Crippen MR) is 112 cm³/mol. The van der Waals surface area contributed by atoms with Crippen molar-refractivity contribution in [3.05, 3.63) is 69.6 Å². The van der Waals surface area contributed by atoms with Crippen LogP contribution in [0.1, 0.15) is 10.4 Å². The van der Waals surface area contributed by atoms with E-state index >= 15 is 0 Å². The standard InChI is InChI=1S/C19H16N6O3S/c1-23(2)14-9-8-13(10-15(14)25(27)28)17(26)20-18-21-19-24(22-18)16(11-29-19)12-6-4-3-5-7-12/h3-11H,1-2H3,(H,20,22,26). The normalized spacial score (nSPS) is 10.8. The first-order chi connectivity index (χ1) is 13.9. The van der Waals surface area contributed by atoms with Crippen LogP contribution in [-0.2, 0) is 0 Å². The zero-order valence-electron chi connectivity index (χ0n) is 15.6. The molecule has 10 heteroatoms. The Hall–Kier alpha value is -3.79. The minimum absolute atomic E-state index is 0.137. The van der Waals surface area contributed by atoms with E-state index in [4.69, 9.17) is 0 Å². The number of nitrogens with one attached hydrogen (secondary N) is 1. The third-order valence-electron chi connectivity index (χ3n) is 4.29. The van der Waals surface area contributed by atoms with E-state index in [0.29, 0.717) is 10.6 Å². The minimum Gasteiger partial charge on any atom is -0.372 e. The van der Waals surface area contributed by atoms with Gasteiger partial charge in [-0.3, -0.25) is 20.2 Å². The van der Waals surface area contributed by atoms with E-state index in [2.05, 4.69) is 15.4 Å². The van der Waals surface area contributed by atoms with Crippen molar-refractivity contribution in [1.29, 1.82) is 0 Å². The molecule has 0 aliphatic rings. The van der Waals surface area contributed by atoms with Gasteiger partial charge in [-0.15, -0.1) is 16.4 Å². The van der Waals surface area contributed by atoms with E-state index < -0.39 is 10.8 Å². The smallest absolute Gasteiger partial charge is 0.293 e. The van der Waals surface area contributed by atoms with E-state index in [1.807, 2.05) is 35.7 Å². The highest BCUT2D eigenvalue weighted by Crippen LogP contribution is 2.28. The van der Waals surface area contributed by atoms with Crippen molar-refractivity contribution in [3.8, 4) is 11.3 Å². The molecule has 2 aromatic heterocycles. The molecule has 29 heavy (non-hydrogen) atoms. The third-order valence-corrected chi connectivity index (χ3v) is 5.11. The summed E-state index contributed by atoms with van der Waals surface area (Å²) in [7, 11) is 3.41. The highest BCUT2D eigenvalue weighted by Gasteiger charge is 2.20. The zero-order chi connectivity index (χ0) is 20.5. The van der Waals surface area contributed by atoms with E-state index in [-0.39, 0.29) is 17.2 Å². The van der Waals surface area contributed by atoms with Gasteiger partial charge in [-0.2, -0.15) is 4.98 Å². The number of nitrogens with zero attached hydrogens (tertiary/aromatic N) is 5. The second kappa shape index (κ2) is 7.32. The number of rotatable bonds is 5. The molecule has 1 N–H and O–H groups in total. The first-order valence-corrected chi connectivity index (χ1v) is 9.49. The van der Waals surface area contributed by atoms with Gasteiger partial charge in [0.1, 0.15) is 5.69 Å². The van der Waals surface area contributed by atoms with E-state index in [0.717, 1.165) is 11.3 Å². The Bertz CT molecular complexity index is 1220. The van der Waals surface area contributed by atoms with Crippen LogP contribution in [0.2, 0.25) is 0 Å². The van der Waals surface area contributed by atoms with Crippen LogP contribution in [0.5, 0.6) is 0 Å². The van der Waals surface area contributed by atoms with Crippen LogP contribution in [0.25, 0.3) is 16.2 Å². The Morgan fingerprint density at radius 3 is 2.66 bits per heavy atom. The van der Waals surface area contributed by atoms with Crippen LogP contribution >= 0.6 is 11.3 Å². The van der Waals surface area contributed by atoms with Gasteiger partial charge in [0, 0.05) is 36.7 Å². The first kappa shape index (κ1) is 18.6. The zero-order valence-corrected chi connectivity index (χ0v) is 16.4. The average Bonchev–Trinajstić information content (AvgIpc) is 3.28. The quantitative estimate of drug-likeness (QED) is 0.399. The number of carbonyl (C=O) groups excluding carboxylic acids is 1. The third kappa shape index (κ3) is 3.52. The van der Waals surface area contributed by atoms with Crippen LogP contribution in [-0.4, -0.2) is 39.5 Å². The van der Waals surface area contributed by atoms with E-state index in [1.165, 1.54) is 23.5 Å². The maximum atomic E-state index is 12.6. The van der Waals surface area contributed by atoms with Crippen LogP contribution in [0.15, 0.2) is 53.9 Å². The van der Waals surface area contributed by atoms with Crippen molar-refractivity contribution in [2.45, 2.75) is 0 Å². The molecular formula is C19H16N6O3S. The van der Waals surface area contributed by atoms with Crippen molar-refractivity contribution in [2.24, 2.45) is 0 Å². The summed E-state index contributed by atoms with van der Waals surface area (Å²) < 4.78 is 1.66. The Morgan fingerprint density at radius 2 is 1.97 bits per heavy atom. The van der Waals surface area contributed by atoms with Crippen molar-refractivity contribution in [3.63, 3.8) is 0 Å². The summed E-state index contributed by atoms with van der Waals surface area (Å²) in [6.45, 7) is 0. The minimum atomic E-state index is -0.516. The lowest BCUT2D eigenvalue weighted by Gasteiger charge is -2.13. The second-order valence-corrected chi connectivity index (χ2v) is 7.26. The van der Waals surface area contributed by atoms with Gasteiger partial charge in [-0.1, -0.05) is 30.3 Å². The topological polar surface area (TPSA) is 106 Å². The maximum absolute atomic E-state index is 12.6. The number of anilines is 2. The van der Waals surface area contributed by atoms with Gasteiger partial charge < -0.3 is 4.90 Å². The molecule has 0 atom stereocenters. The summed E-state index contributed by atoms with van der Waals surface area (Å²) in [6.07, 6.45) is 0. The van der Waals surface area contributed by atoms with Gasteiger partial charge in [-0.05, 0) is 12.1 Å². The molecule has 0 fully saturated rings. The Balaban J connectivity index is 1.62. The number of nitro groups is 1. The summed E-state index contributed by atoms with van der Waals surface area (Å²) in [6, 6.07) is 14.1. The summed E-state index contributed by atoms with van der Waals surface area (Å²) in [5.74, 6) is -0.378. The molecule has 0 aliphatic heterocycles. The van der Waals surface area contributed by atoms with Gasteiger partial charge >= 0.3 is 0 Å². The largest absolute Gasteiger partial charge is 0.372 e. The highest BCUT2D eigenvalue weighted by molar-refractivity contribution is 7.15. The molecular weight excluding hydrogens is 392 g/mol. The van der Waals surface area contributed by atoms with Crippen LogP contribution < -0.4 is 10.2 Å². The summed E-state index contributed by atoms with van der Waals surface area (Å²) in [5.41, 5.74) is 2.28. The lowest BCUT2D eigenvalue weighted by molar-refractivity contribution is -0.384. The van der Waals surface area contributed by atoms with E-state index in [1.54, 1.807) is 29.6 Å². The van der Waals surface area contributed by atoms with Crippen molar-refractivity contribution < 1.29 is 9.72 Å². The molecule has 0 unspecified atom stereocenters. The van der Waals surface area contributed by atoms with Crippen molar-refractivity contribution >= 4 is 39.5 Å². The van der Waals surface area contributed by atoms with Crippen LogP contribution in [0.4, 0.5) is 17.3 Å². The number of carbonyl (C=O) groups is 1. The summed E-state index contributed by atoms with van der Waals surface area (Å²) in [4.78, 5) is 30.0. The predicted octanol–water partition coefficient (Wildman–Crippen LogP) is 3.68. The molecule has 146 valence electrons.